The van der Waals surface area contributed by atoms with Crippen molar-refractivity contribution in [3.63, 3.8) is 0 Å². The second kappa shape index (κ2) is 1.90. The molecule has 1 rings (SSSR count). The molecule has 0 aromatic carbocycles. The number of hydrogen-bond donors (Lipinski definition) is 0. The van der Waals surface area contributed by atoms with Crippen LogP contribution in [-0.4, -0.2) is 23.1 Å². The highest BCUT2D eigenvalue weighted by Gasteiger charge is 2.53. The van der Waals surface area contributed by atoms with Gasteiger partial charge in [0.05, 0.1) is 7.11 Å². The summed E-state index contributed by atoms with van der Waals surface area (Å²) in [5.41, 5.74) is 0. The van der Waals surface area contributed by atoms with Crippen molar-refractivity contribution in [1.29, 1.82) is 0 Å². The number of methoxy groups -OCH3 is 1. The average molecular weight is 146 g/mol. The molecule has 0 N–H and O–H groups in total. The number of thioether (sulfide) groups is 1. The molecule has 0 aromatic heterocycles. The molecule has 0 spiro atoms. The van der Waals surface area contributed by atoms with Gasteiger partial charge in [0.15, 0.2) is 0 Å². The Kier molecular flexibility index (Phi) is 1.47. The second-order valence-corrected chi connectivity index (χ2v) is 4.38. The lowest BCUT2D eigenvalue weighted by atomic mass is 10.1. The zero-order valence-electron chi connectivity index (χ0n) is 5.80. The van der Waals surface area contributed by atoms with Gasteiger partial charge in [0.1, 0.15) is 5.25 Å². The molecule has 1 saturated heterocycles. The Morgan fingerprint density at radius 1 is 1.67 bits per heavy atom. The van der Waals surface area contributed by atoms with E-state index in [0.717, 1.165) is 0 Å². The Morgan fingerprint density at radius 3 is 2.22 bits per heavy atom. The molecule has 1 fully saturated rings. The van der Waals surface area contributed by atoms with Crippen LogP contribution in [0, 0.1) is 0 Å². The van der Waals surface area contributed by atoms with Gasteiger partial charge >= 0.3 is 5.97 Å². The van der Waals surface area contributed by atoms with Crippen molar-refractivity contribution in [2.75, 3.05) is 7.11 Å². The topological polar surface area (TPSA) is 26.3 Å². The van der Waals surface area contributed by atoms with Crippen molar-refractivity contribution in [2.24, 2.45) is 0 Å². The van der Waals surface area contributed by atoms with Crippen LogP contribution in [0.1, 0.15) is 13.8 Å². The van der Waals surface area contributed by atoms with Crippen molar-refractivity contribution < 1.29 is 9.53 Å². The van der Waals surface area contributed by atoms with Crippen molar-refractivity contribution >= 4 is 17.7 Å². The van der Waals surface area contributed by atoms with Gasteiger partial charge < -0.3 is 4.74 Å². The van der Waals surface area contributed by atoms with Crippen LogP contribution in [0.2, 0.25) is 0 Å². The quantitative estimate of drug-likeness (QED) is 0.408. The summed E-state index contributed by atoms with van der Waals surface area (Å²) < 4.78 is 4.68. The summed E-state index contributed by atoms with van der Waals surface area (Å²) in [5.74, 6) is -0.0926. The van der Waals surface area contributed by atoms with Gasteiger partial charge in [-0.1, -0.05) is 0 Å². The molecule has 0 amide bonds. The summed E-state index contributed by atoms with van der Waals surface area (Å²) >= 11 is 1.65. The highest BCUT2D eigenvalue weighted by Crippen LogP contribution is 2.53. The Labute approximate surface area is 59.0 Å². The lowest BCUT2D eigenvalue weighted by Gasteiger charge is -1.96. The molecule has 2 nitrogen and oxygen atoms in total. The first-order valence-electron chi connectivity index (χ1n) is 2.83. The third-order valence-corrected chi connectivity index (χ3v) is 3.02. The van der Waals surface area contributed by atoms with E-state index in [2.05, 4.69) is 4.74 Å². The summed E-state index contributed by atoms with van der Waals surface area (Å²) in [5, 5.41) is 0.0856. The molecule has 0 aromatic rings. The molecule has 0 saturated carbocycles. The monoisotopic (exact) mass is 146 g/mol. The highest BCUT2D eigenvalue weighted by atomic mass is 32.2. The first-order valence-corrected chi connectivity index (χ1v) is 3.71. The minimum Gasteiger partial charge on any atom is -0.468 e. The Balaban J connectivity index is 2.42. The fourth-order valence-electron chi connectivity index (χ4n) is 0.709. The van der Waals surface area contributed by atoms with E-state index in [1.165, 1.54) is 7.11 Å². The predicted molar refractivity (Wildman–Crippen MR) is 37.5 cm³/mol. The summed E-state index contributed by atoms with van der Waals surface area (Å²) in [4.78, 5) is 10.7. The molecule has 1 heterocycles. The third kappa shape index (κ3) is 1.21. The highest BCUT2D eigenvalue weighted by molar-refractivity contribution is 8.09. The first kappa shape index (κ1) is 6.93. The van der Waals surface area contributed by atoms with E-state index in [9.17, 15) is 4.79 Å². The predicted octanol–water partition coefficient (Wildman–Crippen LogP) is 1.05. The Morgan fingerprint density at radius 2 is 2.11 bits per heavy atom. The SMILES string of the molecule is COC(=O)[C@H]1SC1(C)C. The standard InChI is InChI=1S/C6H10O2S/c1-6(2)4(9-6)5(7)8-3/h4H,1-3H3/t4-/m1/s1. The van der Waals surface area contributed by atoms with Gasteiger partial charge in [0.2, 0.25) is 0 Å². The van der Waals surface area contributed by atoms with E-state index < -0.39 is 0 Å². The molecular formula is C6H10O2S. The van der Waals surface area contributed by atoms with E-state index in [-0.39, 0.29) is 16.0 Å². The molecule has 0 aliphatic carbocycles. The van der Waals surface area contributed by atoms with Crippen LogP contribution in [0.3, 0.4) is 0 Å². The van der Waals surface area contributed by atoms with Gasteiger partial charge in [-0.3, -0.25) is 4.79 Å². The summed E-state index contributed by atoms with van der Waals surface area (Å²) in [7, 11) is 1.43. The van der Waals surface area contributed by atoms with E-state index in [1.807, 2.05) is 13.8 Å². The Bertz CT molecular complexity index is 142. The molecule has 52 valence electrons. The number of hydrogen-bond acceptors (Lipinski definition) is 3. The lowest BCUT2D eigenvalue weighted by molar-refractivity contribution is -0.139. The maximum atomic E-state index is 10.7. The first-order chi connectivity index (χ1) is 4.08. The molecule has 1 atom stereocenters. The fraction of sp³-hybridized carbons (Fsp3) is 0.833. The van der Waals surface area contributed by atoms with Gasteiger partial charge in [-0.25, -0.2) is 0 Å². The maximum absolute atomic E-state index is 10.7. The number of esters is 1. The summed E-state index contributed by atoms with van der Waals surface area (Å²) in [6.45, 7) is 4.08. The molecule has 3 heteroatoms. The zero-order valence-corrected chi connectivity index (χ0v) is 6.62. The van der Waals surface area contributed by atoms with Gasteiger partial charge in [-0.05, 0) is 13.8 Å². The maximum Gasteiger partial charge on any atom is 0.320 e. The zero-order chi connectivity index (χ0) is 7.07. The van der Waals surface area contributed by atoms with Crippen molar-refractivity contribution in [3.8, 4) is 0 Å². The van der Waals surface area contributed by atoms with E-state index in [0.29, 0.717) is 0 Å². The van der Waals surface area contributed by atoms with Crippen LogP contribution in [0.15, 0.2) is 0 Å². The number of carbonyl (C=O) groups excluding carboxylic acids is 1. The van der Waals surface area contributed by atoms with Crippen LogP contribution in [0.25, 0.3) is 0 Å². The van der Waals surface area contributed by atoms with Crippen molar-refractivity contribution in [1.82, 2.24) is 0 Å². The van der Waals surface area contributed by atoms with Gasteiger partial charge in [-0.15, -0.1) is 11.8 Å². The minimum atomic E-state index is -0.0926. The molecule has 0 bridgehead atoms. The second-order valence-electron chi connectivity index (χ2n) is 2.62. The molecule has 0 unspecified atom stereocenters. The number of ether oxygens (including phenoxy) is 1. The van der Waals surface area contributed by atoms with E-state index >= 15 is 0 Å². The smallest absolute Gasteiger partial charge is 0.320 e. The fourth-order valence-corrected chi connectivity index (χ4v) is 1.54. The number of rotatable bonds is 1. The van der Waals surface area contributed by atoms with Gasteiger partial charge in [0.25, 0.3) is 0 Å². The molecular weight excluding hydrogens is 136 g/mol. The largest absolute Gasteiger partial charge is 0.468 e. The average Bonchev–Trinajstić information content (AvgIpc) is 2.38. The van der Waals surface area contributed by atoms with Crippen LogP contribution < -0.4 is 0 Å². The van der Waals surface area contributed by atoms with Crippen LogP contribution in [0.4, 0.5) is 0 Å². The third-order valence-electron chi connectivity index (χ3n) is 1.41. The van der Waals surface area contributed by atoms with Crippen LogP contribution in [0.5, 0.6) is 0 Å². The van der Waals surface area contributed by atoms with Crippen molar-refractivity contribution in [2.45, 2.75) is 23.8 Å². The van der Waals surface area contributed by atoms with Crippen molar-refractivity contribution in [3.05, 3.63) is 0 Å². The molecule has 1 aliphatic heterocycles. The van der Waals surface area contributed by atoms with Crippen LogP contribution in [-0.2, 0) is 9.53 Å². The molecule has 9 heavy (non-hydrogen) atoms. The van der Waals surface area contributed by atoms with E-state index in [1.54, 1.807) is 11.8 Å². The summed E-state index contributed by atoms with van der Waals surface area (Å²) in [6, 6.07) is 0. The van der Waals surface area contributed by atoms with E-state index in [4.69, 9.17) is 0 Å². The van der Waals surface area contributed by atoms with Crippen LogP contribution >= 0.6 is 11.8 Å². The van der Waals surface area contributed by atoms with Gasteiger partial charge in [-0.2, -0.15) is 0 Å². The Hall–Kier alpha value is -0.180. The molecule has 0 radical (unpaired) electrons. The molecule has 1 aliphatic rings. The number of carbonyl (C=O) groups is 1. The van der Waals surface area contributed by atoms with Gasteiger partial charge in [0, 0.05) is 4.75 Å². The normalized spacial score (nSPS) is 29.4. The minimum absolute atomic E-state index is 0.0856. The lowest BCUT2D eigenvalue weighted by Crippen LogP contribution is -2.15. The summed E-state index contributed by atoms with van der Waals surface area (Å²) in [6.07, 6.45) is 0.